The van der Waals surface area contributed by atoms with Crippen molar-refractivity contribution in [2.75, 3.05) is 11.9 Å². The van der Waals surface area contributed by atoms with E-state index in [9.17, 15) is 4.39 Å². The van der Waals surface area contributed by atoms with Crippen LogP contribution in [0.1, 0.15) is 39.2 Å². The zero-order chi connectivity index (χ0) is 14.0. The first-order chi connectivity index (χ1) is 8.97. The predicted octanol–water partition coefficient (Wildman–Crippen LogP) is 3.56. The van der Waals surface area contributed by atoms with Crippen molar-refractivity contribution in [3.8, 4) is 0 Å². The van der Waals surface area contributed by atoms with Crippen LogP contribution in [0.3, 0.4) is 0 Å². The summed E-state index contributed by atoms with van der Waals surface area (Å²) in [7, 11) is 2.04. The van der Waals surface area contributed by atoms with Gasteiger partial charge in [-0.05, 0) is 49.4 Å². The van der Waals surface area contributed by atoms with E-state index in [0.717, 1.165) is 17.8 Å². The Morgan fingerprint density at radius 3 is 2.53 bits per heavy atom. The Kier molecular flexibility index (Phi) is 4.46. The highest BCUT2D eigenvalue weighted by Crippen LogP contribution is 2.23. The Hall–Kier alpha value is -1.09. The van der Waals surface area contributed by atoms with Crippen LogP contribution in [0.5, 0.6) is 0 Å². The molecule has 1 aromatic carbocycles. The third-order valence-corrected chi connectivity index (χ3v) is 4.10. The highest BCUT2D eigenvalue weighted by Gasteiger charge is 2.20. The lowest BCUT2D eigenvalue weighted by molar-refractivity contribution is 0.504. The molecular formula is C16H25FN2. The molecule has 1 unspecified atom stereocenters. The molecule has 106 valence electrons. The van der Waals surface area contributed by atoms with Crippen molar-refractivity contribution in [1.29, 1.82) is 0 Å². The number of hydrogen-bond donors (Lipinski definition) is 1. The zero-order valence-corrected chi connectivity index (χ0v) is 12.4. The molecule has 1 fully saturated rings. The molecule has 19 heavy (non-hydrogen) atoms. The summed E-state index contributed by atoms with van der Waals surface area (Å²) in [5, 5.41) is 3.43. The van der Waals surface area contributed by atoms with Gasteiger partial charge in [-0.2, -0.15) is 0 Å². The summed E-state index contributed by atoms with van der Waals surface area (Å²) < 4.78 is 13.7. The molecule has 0 amide bonds. The number of rotatable bonds is 6. The molecule has 2 nitrogen and oxygen atoms in total. The van der Waals surface area contributed by atoms with Crippen molar-refractivity contribution in [2.45, 2.75) is 52.2 Å². The number of anilines is 1. The van der Waals surface area contributed by atoms with E-state index in [0.29, 0.717) is 18.0 Å². The fourth-order valence-electron chi connectivity index (χ4n) is 2.17. The summed E-state index contributed by atoms with van der Waals surface area (Å²) in [5.74, 6) is 0.397. The molecule has 0 saturated heterocycles. The predicted molar refractivity (Wildman–Crippen MR) is 79.0 cm³/mol. The van der Waals surface area contributed by atoms with Crippen LogP contribution in [0.2, 0.25) is 0 Å². The maximum Gasteiger partial charge on any atom is 0.125 e. The van der Waals surface area contributed by atoms with E-state index in [4.69, 9.17) is 0 Å². The lowest BCUT2D eigenvalue weighted by Crippen LogP contribution is -2.33. The van der Waals surface area contributed by atoms with Gasteiger partial charge < -0.3 is 10.2 Å². The van der Waals surface area contributed by atoms with Crippen LogP contribution in [0.25, 0.3) is 0 Å². The van der Waals surface area contributed by atoms with Gasteiger partial charge in [-0.25, -0.2) is 4.39 Å². The Morgan fingerprint density at radius 1 is 1.26 bits per heavy atom. The summed E-state index contributed by atoms with van der Waals surface area (Å²) >= 11 is 0. The van der Waals surface area contributed by atoms with Crippen LogP contribution >= 0.6 is 0 Å². The van der Waals surface area contributed by atoms with Gasteiger partial charge >= 0.3 is 0 Å². The van der Waals surface area contributed by atoms with Crippen molar-refractivity contribution in [3.63, 3.8) is 0 Å². The zero-order valence-electron chi connectivity index (χ0n) is 12.4. The van der Waals surface area contributed by atoms with E-state index < -0.39 is 0 Å². The van der Waals surface area contributed by atoms with Crippen LogP contribution in [0.15, 0.2) is 18.2 Å². The van der Waals surface area contributed by atoms with E-state index in [2.05, 4.69) is 37.1 Å². The van der Waals surface area contributed by atoms with Gasteiger partial charge in [0.1, 0.15) is 5.82 Å². The molecule has 1 aromatic rings. The third-order valence-electron chi connectivity index (χ3n) is 4.10. The lowest BCUT2D eigenvalue weighted by Gasteiger charge is -2.30. The Labute approximate surface area is 116 Å². The summed E-state index contributed by atoms with van der Waals surface area (Å²) in [6.07, 6.45) is 2.51. The van der Waals surface area contributed by atoms with Gasteiger partial charge in [-0.1, -0.05) is 13.8 Å². The van der Waals surface area contributed by atoms with Gasteiger partial charge in [0.25, 0.3) is 0 Å². The SMILES string of the molecule is CC(C)C(C)N(C)c1cc(F)cc(CNC2CC2)c1. The van der Waals surface area contributed by atoms with Crippen molar-refractivity contribution in [3.05, 3.63) is 29.6 Å². The van der Waals surface area contributed by atoms with Gasteiger partial charge in [0, 0.05) is 31.4 Å². The smallest absolute Gasteiger partial charge is 0.125 e. The lowest BCUT2D eigenvalue weighted by atomic mass is 10.0. The largest absolute Gasteiger partial charge is 0.372 e. The molecule has 0 radical (unpaired) electrons. The average molecular weight is 264 g/mol. The fraction of sp³-hybridized carbons (Fsp3) is 0.625. The molecule has 0 aliphatic heterocycles. The second-order valence-corrected chi connectivity index (χ2v) is 6.07. The van der Waals surface area contributed by atoms with E-state index in [1.165, 1.54) is 12.8 Å². The average Bonchev–Trinajstić information content (AvgIpc) is 3.17. The van der Waals surface area contributed by atoms with Crippen molar-refractivity contribution >= 4 is 5.69 Å². The molecular weight excluding hydrogens is 239 g/mol. The maximum absolute atomic E-state index is 13.7. The number of benzene rings is 1. The summed E-state index contributed by atoms with van der Waals surface area (Å²) in [5.41, 5.74) is 2.00. The van der Waals surface area contributed by atoms with Gasteiger partial charge in [0.2, 0.25) is 0 Å². The van der Waals surface area contributed by atoms with Crippen molar-refractivity contribution < 1.29 is 4.39 Å². The molecule has 2 rings (SSSR count). The number of nitrogens with one attached hydrogen (secondary N) is 1. The van der Waals surface area contributed by atoms with Gasteiger partial charge in [-0.3, -0.25) is 0 Å². The minimum Gasteiger partial charge on any atom is -0.372 e. The summed E-state index contributed by atoms with van der Waals surface area (Å²) in [6.45, 7) is 7.32. The summed E-state index contributed by atoms with van der Waals surface area (Å²) in [6, 6.07) is 6.40. The standard InChI is InChI=1S/C16H25FN2/c1-11(2)12(3)19(4)16-8-13(7-14(17)9-16)10-18-15-5-6-15/h7-9,11-12,15,18H,5-6,10H2,1-4H3. The minimum absolute atomic E-state index is 0.145. The van der Waals surface area contributed by atoms with E-state index in [1.807, 2.05) is 7.05 Å². The van der Waals surface area contributed by atoms with Crippen LogP contribution in [0.4, 0.5) is 10.1 Å². The Balaban J connectivity index is 2.10. The van der Waals surface area contributed by atoms with Gasteiger partial charge in [0.15, 0.2) is 0 Å². The highest BCUT2D eigenvalue weighted by molar-refractivity contribution is 5.49. The molecule has 0 spiro atoms. The molecule has 3 heteroatoms. The van der Waals surface area contributed by atoms with E-state index in [1.54, 1.807) is 12.1 Å². The highest BCUT2D eigenvalue weighted by atomic mass is 19.1. The molecule has 1 saturated carbocycles. The van der Waals surface area contributed by atoms with Gasteiger partial charge in [0.05, 0.1) is 0 Å². The van der Waals surface area contributed by atoms with Crippen molar-refractivity contribution in [2.24, 2.45) is 5.92 Å². The molecule has 1 atom stereocenters. The fourth-order valence-corrected chi connectivity index (χ4v) is 2.17. The Morgan fingerprint density at radius 2 is 1.95 bits per heavy atom. The van der Waals surface area contributed by atoms with Crippen LogP contribution in [0, 0.1) is 11.7 Å². The molecule has 1 N–H and O–H groups in total. The van der Waals surface area contributed by atoms with Crippen LogP contribution < -0.4 is 10.2 Å². The molecule has 0 heterocycles. The monoisotopic (exact) mass is 264 g/mol. The van der Waals surface area contributed by atoms with Crippen LogP contribution in [-0.4, -0.2) is 19.1 Å². The molecule has 1 aliphatic rings. The van der Waals surface area contributed by atoms with E-state index >= 15 is 0 Å². The Bertz CT molecular complexity index is 427. The summed E-state index contributed by atoms with van der Waals surface area (Å²) in [4.78, 5) is 2.16. The number of halogens is 1. The topological polar surface area (TPSA) is 15.3 Å². The minimum atomic E-state index is -0.145. The van der Waals surface area contributed by atoms with Gasteiger partial charge in [-0.15, -0.1) is 0 Å². The van der Waals surface area contributed by atoms with E-state index in [-0.39, 0.29) is 5.82 Å². The third kappa shape index (κ3) is 3.93. The first-order valence-corrected chi connectivity index (χ1v) is 7.23. The number of hydrogen-bond acceptors (Lipinski definition) is 2. The van der Waals surface area contributed by atoms with Crippen LogP contribution in [-0.2, 0) is 6.54 Å². The molecule has 0 bridgehead atoms. The first-order valence-electron chi connectivity index (χ1n) is 7.23. The second-order valence-electron chi connectivity index (χ2n) is 6.07. The first kappa shape index (κ1) is 14.3. The quantitative estimate of drug-likeness (QED) is 0.845. The number of nitrogens with zero attached hydrogens (tertiary/aromatic N) is 1. The van der Waals surface area contributed by atoms with Crippen molar-refractivity contribution in [1.82, 2.24) is 5.32 Å². The molecule has 1 aliphatic carbocycles. The molecule has 0 aromatic heterocycles. The normalized spacial score (nSPS) is 16.7. The maximum atomic E-state index is 13.7. The second kappa shape index (κ2) is 5.91.